The van der Waals surface area contributed by atoms with Crippen LogP contribution in [0.15, 0.2) is 71.8 Å². The van der Waals surface area contributed by atoms with E-state index in [1.165, 1.54) is 23.6 Å². The number of hydrazone groups is 1. The van der Waals surface area contributed by atoms with Crippen molar-refractivity contribution < 1.29 is 19.1 Å². The lowest BCUT2D eigenvalue weighted by Crippen LogP contribution is -2.33. The molecule has 0 fully saturated rings. The molecule has 1 heterocycles. The second-order valence-electron chi connectivity index (χ2n) is 7.27. The Morgan fingerprint density at radius 3 is 2.60 bits per heavy atom. The van der Waals surface area contributed by atoms with E-state index in [1.54, 1.807) is 43.3 Å². The molecule has 1 N–H and O–H groups in total. The Labute approximate surface area is 220 Å². The smallest absolute Gasteiger partial charge is 0.355 e. The van der Waals surface area contributed by atoms with Gasteiger partial charge in [0.15, 0.2) is 6.10 Å². The van der Waals surface area contributed by atoms with Crippen molar-refractivity contribution in [2.45, 2.75) is 13.0 Å². The molecule has 6 nitrogen and oxygen atoms in total. The summed E-state index contributed by atoms with van der Waals surface area (Å²) in [6.45, 7) is 1.56. The number of hydrogen-bond donors (Lipinski definition) is 1. The van der Waals surface area contributed by atoms with E-state index >= 15 is 0 Å². The monoisotopic (exact) mass is 546 g/mol. The fraction of sp³-hybridized carbons (Fsp3) is 0.0800. The van der Waals surface area contributed by atoms with Crippen LogP contribution in [0.1, 0.15) is 22.2 Å². The Morgan fingerprint density at radius 1 is 1.03 bits per heavy atom. The number of carbonyl (C=O) groups is 2. The van der Waals surface area contributed by atoms with Crippen LogP contribution in [0.4, 0.5) is 0 Å². The number of ether oxygens (including phenoxy) is 2. The summed E-state index contributed by atoms with van der Waals surface area (Å²) in [6.07, 6.45) is 0.563. The number of benzene rings is 3. The lowest BCUT2D eigenvalue weighted by Gasteiger charge is -2.14. The van der Waals surface area contributed by atoms with Crippen molar-refractivity contribution in [2.24, 2.45) is 5.10 Å². The number of halogens is 3. The van der Waals surface area contributed by atoms with E-state index in [0.29, 0.717) is 37.0 Å². The number of nitrogens with one attached hydrogen (secondary N) is 1. The van der Waals surface area contributed by atoms with Gasteiger partial charge in [0.25, 0.3) is 5.91 Å². The van der Waals surface area contributed by atoms with E-state index in [2.05, 4.69) is 10.5 Å². The largest absolute Gasteiger partial charge is 0.479 e. The number of amides is 1. The summed E-state index contributed by atoms with van der Waals surface area (Å²) in [7, 11) is 0. The van der Waals surface area contributed by atoms with Crippen molar-refractivity contribution >= 4 is 74.3 Å². The Balaban J connectivity index is 1.36. The van der Waals surface area contributed by atoms with E-state index < -0.39 is 18.0 Å². The molecular formula is C25H17Cl3N2O4S. The molecule has 0 saturated heterocycles. The molecule has 3 aromatic carbocycles. The van der Waals surface area contributed by atoms with Crippen molar-refractivity contribution in [3.8, 4) is 11.5 Å². The molecule has 1 atom stereocenters. The van der Waals surface area contributed by atoms with Gasteiger partial charge in [-0.15, -0.1) is 11.3 Å². The molecule has 1 aromatic heterocycles. The van der Waals surface area contributed by atoms with Gasteiger partial charge in [-0.1, -0.05) is 65.1 Å². The van der Waals surface area contributed by atoms with Gasteiger partial charge in [0.05, 0.1) is 16.3 Å². The standard InChI is InChI=1S/C25H17Cl3N2O4S/c1-14(33-20-10-9-16(26)12-19(20)27)24(31)30-29-13-15-5-4-6-17(11-15)34-25(32)23-22(28)18-7-2-3-8-21(18)35-23/h2-14H,1H3,(H,30,31)/b29-13-/t14-/m1/s1. The molecule has 35 heavy (non-hydrogen) atoms. The Bertz CT molecular complexity index is 1440. The van der Waals surface area contributed by atoms with E-state index in [9.17, 15) is 9.59 Å². The molecule has 0 aliphatic carbocycles. The second kappa shape index (κ2) is 11.1. The molecule has 0 radical (unpaired) electrons. The maximum atomic E-state index is 12.7. The van der Waals surface area contributed by atoms with Gasteiger partial charge in [0.1, 0.15) is 16.4 Å². The minimum Gasteiger partial charge on any atom is -0.479 e. The predicted molar refractivity (Wildman–Crippen MR) is 141 cm³/mol. The number of rotatable bonds is 7. The molecule has 0 bridgehead atoms. The summed E-state index contributed by atoms with van der Waals surface area (Å²) in [5.74, 6) is -0.386. The highest BCUT2D eigenvalue weighted by molar-refractivity contribution is 7.21. The topological polar surface area (TPSA) is 77.0 Å². The molecular weight excluding hydrogens is 531 g/mol. The van der Waals surface area contributed by atoms with Crippen LogP contribution in [0.2, 0.25) is 15.1 Å². The highest BCUT2D eigenvalue weighted by atomic mass is 35.5. The van der Waals surface area contributed by atoms with Crippen molar-refractivity contribution in [1.29, 1.82) is 0 Å². The number of fused-ring (bicyclic) bond motifs is 1. The Hall–Kier alpha value is -3.10. The lowest BCUT2D eigenvalue weighted by atomic mass is 10.2. The molecule has 1 amide bonds. The first-order chi connectivity index (χ1) is 16.8. The molecule has 0 saturated carbocycles. The van der Waals surface area contributed by atoms with Crippen LogP contribution in [0, 0.1) is 0 Å². The van der Waals surface area contributed by atoms with Crippen molar-refractivity contribution in [3.63, 3.8) is 0 Å². The van der Waals surface area contributed by atoms with Crippen LogP contribution in [0.25, 0.3) is 10.1 Å². The lowest BCUT2D eigenvalue weighted by molar-refractivity contribution is -0.127. The highest BCUT2D eigenvalue weighted by Gasteiger charge is 2.19. The first-order valence-corrected chi connectivity index (χ1v) is 12.2. The zero-order valence-electron chi connectivity index (χ0n) is 18.1. The maximum absolute atomic E-state index is 12.7. The molecule has 10 heteroatoms. The average molecular weight is 548 g/mol. The SMILES string of the molecule is C[C@@H](Oc1ccc(Cl)cc1Cl)C(=O)N/N=C\c1cccc(OC(=O)c2sc3ccccc3c2Cl)c1. The maximum Gasteiger partial charge on any atom is 0.355 e. The minimum atomic E-state index is -0.857. The Kier molecular flexibility index (Phi) is 7.93. The molecule has 0 aliphatic heterocycles. The van der Waals surface area contributed by atoms with Gasteiger partial charge in [-0.3, -0.25) is 4.79 Å². The molecule has 178 valence electrons. The fourth-order valence-electron chi connectivity index (χ4n) is 3.03. The van der Waals surface area contributed by atoms with E-state index in [-0.39, 0.29) is 0 Å². The molecule has 4 aromatic rings. The van der Waals surface area contributed by atoms with E-state index in [1.807, 2.05) is 24.3 Å². The minimum absolute atomic E-state index is 0.295. The first-order valence-electron chi connectivity index (χ1n) is 10.3. The average Bonchev–Trinajstić information content (AvgIpc) is 3.18. The number of carbonyl (C=O) groups excluding carboxylic acids is 2. The van der Waals surface area contributed by atoms with Gasteiger partial charge in [-0.25, -0.2) is 10.2 Å². The summed E-state index contributed by atoms with van der Waals surface area (Å²) in [5, 5.41) is 5.87. The molecule has 0 aliphatic rings. The van der Waals surface area contributed by atoms with Crippen LogP contribution in [0.5, 0.6) is 11.5 Å². The number of nitrogens with zero attached hydrogens (tertiary/aromatic N) is 1. The molecule has 0 unspecified atom stereocenters. The molecule has 4 rings (SSSR count). The Morgan fingerprint density at radius 2 is 1.83 bits per heavy atom. The van der Waals surface area contributed by atoms with Crippen molar-refractivity contribution in [3.05, 3.63) is 92.2 Å². The first kappa shape index (κ1) is 25.0. The van der Waals surface area contributed by atoms with Gasteiger partial charge in [0, 0.05) is 15.1 Å². The predicted octanol–water partition coefficient (Wildman–Crippen LogP) is 7.00. The van der Waals surface area contributed by atoms with E-state index in [0.717, 1.165) is 10.1 Å². The fourth-order valence-corrected chi connectivity index (χ4v) is 4.87. The van der Waals surface area contributed by atoms with Gasteiger partial charge in [-0.2, -0.15) is 5.10 Å². The van der Waals surface area contributed by atoms with Gasteiger partial charge >= 0.3 is 5.97 Å². The second-order valence-corrected chi connectivity index (χ2v) is 9.55. The number of thiophene rings is 1. The van der Waals surface area contributed by atoms with Crippen molar-refractivity contribution in [2.75, 3.05) is 0 Å². The van der Waals surface area contributed by atoms with E-state index in [4.69, 9.17) is 44.3 Å². The normalized spacial score (nSPS) is 12.0. The van der Waals surface area contributed by atoms with Crippen LogP contribution in [0.3, 0.4) is 0 Å². The summed E-state index contributed by atoms with van der Waals surface area (Å²) in [6, 6.07) is 18.9. The van der Waals surface area contributed by atoms with Crippen LogP contribution in [-0.4, -0.2) is 24.2 Å². The van der Waals surface area contributed by atoms with Gasteiger partial charge in [-0.05, 0) is 48.9 Å². The molecule has 0 spiro atoms. The zero-order chi connectivity index (χ0) is 24.9. The van der Waals surface area contributed by atoms with Crippen molar-refractivity contribution in [1.82, 2.24) is 5.43 Å². The zero-order valence-corrected chi connectivity index (χ0v) is 21.2. The number of esters is 1. The van der Waals surface area contributed by atoms with Crippen LogP contribution in [-0.2, 0) is 4.79 Å². The summed E-state index contributed by atoms with van der Waals surface area (Å²) < 4.78 is 12.0. The van der Waals surface area contributed by atoms with Crippen LogP contribution >= 0.6 is 46.1 Å². The quantitative estimate of drug-likeness (QED) is 0.117. The van der Waals surface area contributed by atoms with Gasteiger partial charge < -0.3 is 9.47 Å². The summed E-state index contributed by atoms with van der Waals surface area (Å²) in [5.41, 5.74) is 3.01. The van der Waals surface area contributed by atoms with Crippen LogP contribution < -0.4 is 14.9 Å². The highest BCUT2D eigenvalue weighted by Crippen LogP contribution is 2.35. The number of hydrogen-bond acceptors (Lipinski definition) is 6. The van der Waals surface area contributed by atoms with Gasteiger partial charge in [0.2, 0.25) is 0 Å². The third-order valence-electron chi connectivity index (χ3n) is 4.74. The summed E-state index contributed by atoms with van der Waals surface area (Å²) in [4.78, 5) is 25.3. The summed E-state index contributed by atoms with van der Waals surface area (Å²) >= 11 is 19.6. The third kappa shape index (κ3) is 6.13. The third-order valence-corrected chi connectivity index (χ3v) is 6.93.